The molecular formula is C16H14N4OS. The van der Waals surface area contributed by atoms with E-state index in [9.17, 15) is 4.79 Å². The summed E-state index contributed by atoms with van der Waals surface area (Å²) in [6.45, 7) is 0. The molecule has 0 radical (unpaired) electrons. The number of nitrogens with two attached hydrogens (primary N) is 1. The van der Waals surface area contributed by atoms with Crippen LogP contribution < -0.4 is 5.73 Å². The number of hydrogen-bond donors (Lipinski definition) is 1. The summed E-state index contributed by atoms with van der Waals surface area (Å²) >= 11 is 1.51. The van der Waals surface area contributed by atoms with Gasteiger partial charge in [0.15, 0.2) is 0 Å². The van der Waals surface area contributed by atoms with Crippen LogP contribution in [-0.2, 0) is 5.75 Å². The first-order valence-electron chi connectivity index (χ1n) is 6.71. The number of primary amides is 1. The fourth-order valence-electron chi connectivity index (χ4n) is 1.98. The van der Waals surface area contributed by atoms with Crippen LogP contribution in [0.5, 0.6) is 0 Å². The van der Waals surface area contributed by atoms with E-state index in [1.54, 1.807) is 23.1 Å². The van der Waals surface area contributed by atoms with E-state index >= 15 is 0 Å². The van der Waals surface area contributed by atoms with Gasteiger partial charge in [0, 0.05) is 11.3 Å². The zero-order valence-electron chi connectivity index (χ0n) is 11.7. The molecule has 2 aromatic carbocycles. The summed E-state index contributed by atoms with van der Waals surface area (Å²) in [6, 6.07) is 17.1. The topological polar surface area (TPSA) is 73.8 Å². The highest BCUT2D eigenvalue weighted by Gasteiger charge is 2.05. The molecule has 1 amide bonds. The third-order valence-corrected chi connectivity index (χ3v) is 3.99. The van der Waals surface area contributed by atoms with Crippen LogP contribution in [0, 0.1) is 0 Å². The molecule has 0 atom stereocenters. The molecule has 6 heteroatoms. The van der Waals surface area contributed by atoms with Gasteiger partial charge in [-0.3, -0.25) is 4.79 Å². The van der Waals surface area contributed by atoms with Crippen LogP contribution in [0.1, 0.15) is 15.9 Å². The Balaban J connectivity index is 1.69. The molecule has 0 aliphatic heterocycles. The Bertz CT molecular complexity index is 786. The monoisotopic (exact) mass is 310 g/mol. The van der Waals surface area contributed by atoms with Gasteiger partial charge in [0.05, 0.1) is 5.69 Å². The Labute approximate surface area is 132 Å². The van der Waals surface area contributed by atoms with Crippen molar-refractivity contribution in [1.82, 2.24) is 14.8 Å². The number of aromatic nitrogens is 3. The standard InChI is InChI=1S/C16H14N4OS/c17-15(21)13-6-4-5-12(9-13)10-22-16-18-11-20(19-16)14-7-2-1-3-8-14/h1-9,11H,10H2,(H2,17,21). The first-order valence-corrected chi connectivity index (χ1v) is 7.69. The number of benzene rings is 2. The molecule has 22 heavy (non-hydrogen) atoms. The summed E-state index contributed by atoms with van der Waals surface area (Å²) < 4.78 is 1.74. The molecule has 0 aliphatic rings. The van der Waals surface area contributed by atoms with Gasteiger partial charge >= 0.3 is 0 Å². The molecule has 0 spiro atoms. The van der Waals surface area contributed by atoms with E-state index in [-0.39, 0.29) is 0 Å². The molecule has 0 aliphatic carbocycles. The number of amides is 1. The van der Waals surface area contributed by atoms with E-state index in [4.69, 9.17) is 5.73 Å². The summed E-state index contributed by atoms with van der Waals surface area (Å²) in [6.07, 6.45) is 1.69. The number of rotatable bonds is 5. The zero-order chi connectivity index (χ0) is 15.4. The van der Waals surface area contributed by atoms with Crippen molar-refractivity contribution >= 4 is 17.7 Å². The van der Waals surface area contributed by atoms with Crippen molar-refractivity contribution in [2.75, 3.05) is 0 Å². The highest BCUT2D eigenvalue weighted by Crippen LogP contribution is 2.20. The molecule has 0 unspecified atom stereocenters. The second-order valence-corrected chi connectivity index (χ2v) is 5.60. The lowest BCUT2D eigenvalue weighted by molar-refractivity contribution is 0.1000. The van der Waals surface area contributed by atoms with E-state index in [0.29, 0.717) is 16.5 Å². The summed E-state index contributed by atoms with van der Waals surface area (Å²) in [7, 11) is 0. The van der Waals surface area contributed by atoms with E-state index in [1.165, 1.54) is 11.8 Å². The lowest BCUT2D eigenvalue weighted by Gasteiger charge is -2.01. The molecule has 0 saturated heterocycles. The van der Waals surface area contributed by atoms with Crippen LogP contribution in [0.4, 0.5) is 0 Å². The largest absolute Gasteiger partial charge is 0.366 e. The summed E-state index contributed by atoms with van der Waals surface area (Å²) in [5.74, 6) is 0.262. The molecule has 0 saturated carbocycles. The second kappa shape index (κ2) is 6.44. The van der Waals surface area contributed by atoms with E-state index in [1.807, 2.05) is 42.5 Å². The maximum Gasteiger partial charge on any atom is 0.248 e. The first-order chi connectivity index (χ1) is 10.7. The molecular weight excluding hydrogens is 296 g/mol. The van der Waals surface area contributed by atoms with Crippen molar-refractivity contribution in [3.63, 3.8) is 0 Å². The van der Waals surface area contributed by atoms with Crippen LogP contribution in [0.3, 0.4) is 0 Å². The van der Waals surface area contributed by atoms with Crippen LogP contribution in [-0.4, -0.2) is 20.7 Å². The van der Waals surface area contributed by atoms with Crippen molar-refractivity contribution in [1.29, 1.82) is 0 Å². The molecule has 110 valence electrons. The average molecular weight is 310 g/mol. The molecule has 0 bridgehead atoms. The Morgan fingerprint density at radius 1 is 1.14 bits per heavy atom. The fourth-order valence-corrected chi connectivity index (χ4v) is 2.72. The summed E-state index contributed by atoms with van der Waals surface area (Å²) in [5.41, 5.74) is 7.78. The summed E-state index contributed by atoms with van der Waals surface area (Å²) in [5, 5.41) is 5.12. The van der Waals surface area contributed by atoms with Gasteiger partial charge in [-0.25, -0.2) is 9.67 Å². The molecule has 3 aromatic rings. The quantitative estimate of drug-likeness (QED) is 0.735. The van der Waals surface area contributed by atoms with Crippen LogP contribution in [0.2, 0.25) is 0 Å². The molecule has 5 nitrogen and oxygen atoms in total. The minimum Gasteiger partial charge on any atom is -0.366 e. The highest BCUT2D eigenvalue weighted by molar-refractivity contribution is 7.98. The third-order valence-electron chi connectivity index (χ3n) is 3.07. The average Bonchev–Trinajstić information content (AvgIpc) is 3.03. The van der Waals surface area contributed by atoms with Crippen molar-refractivity contribution < 1.29 is 4.79 Å². The molecule has 0 fully saturated rings. The third kappa shape index (κ3) is 3.35. The van der Waals surface area contributed by atoms with Crippen LogP contribution in [0.15, 0.2) is 66.1 Å². The first kappa shape index (κ1) is 14.3. The highest BCUT2D eigenvalue weighted by atomic mass is 32.2. The fraction of sp³-hybridized carbons (Fsp3) is 0.0625. The smallest absolute Gasteiger partial charge is 0.248 e. The Kier molecular flexibility index (Phi) is 4.20. The number of hydrogen-bond acceptors (Lipinski definition) is 4. The molecule has 1 heterocycles. The maximum atomic E-state index is 11.2. The van der Waals surface area contributed by atoms with Gasteiger partial charge in [-0.05, 0) is 29.8 Å². The maximum absolute atomic E-state index is 11.2. The zero-order valence-corrected chi connectivity index (χ0v) is 12.5. The van der Waals surface area contributed by atoms with Gasteiger partial charge < -0.3 is 5.73 Å². The predicted octanol–water partition coefficient (Wildman–Crippen LogP) is 2.66. The Morgan fingerprint density at radius 2 is 1.95 bits per heavy atom. The van der Waals surface area contributed by atoms with Crippen molar-refractivity contribution in [2.45, 2.75) is 10.9 Å². The SMILES string of the molecule is NC(=O)c1cccc(CSc2ncn(-c3ccccc3)n2)c1. The minimum absolute atomic E-state index is 0.418. The lowest BCUT2D eigenvalue weighted by Crippen LogP contribution is -2.10. The Hall–Kier alpha value is -2.60. The van der Waals surface area contributed by atoms with Gasteiger partial charge in [-0.2, -0.15) is 0 Å². The van der Waals surface area contributed by atoms with Gasteiger partial charge in [0.1, 0.15) is 6.33 Å². The van der Waals surface area contributed by atoms with Gasteiger partial charge in [-0.1, -0.05) is 42.1 Å². The van der Waals surface area contributed by atoms with Gasteiger partial charge in [0.2, 0.25) is 11.1 Å². The molecule has 1 aromatic heterocycles. The summed E-state index contributed by atoms with van der Waals surface area (Å²) in [4.78, 5) is 15.5. The Morgan fingerprint density at radius 3 is 2.73 bits per heavy atom. The molecule has 3 rings (SSSR count). The van der Waals surface area contributed by atoms with E-state index in [0.717, 1.165) is 11.3 Å². The van der Waals surface area contributed by atoms with Crippen molar-refractivity contribution in [2.24, 2.45) is 5.73 Å². The predicted molar refractivity (Wildman–Crippen MR) is 85.9 cm³/mol. The molecule has 2 N–H and O–H groups in total. The number of para-hydroxylation sites is 1. The lowest BCUT2D eigenvalue weighted by atomic mass is 10.1. The van der Waals surface area contributed by atoms with Crippen LogP contribution >= 0.6 is 11.8 Å². The normalized spacial score (nSPS) is 10.5. The van der Waals surface area contributed by atoms with Crippen molar-refractivity contribution in [3.8, 4) is 5.69 Å². The van der Waals surface area contributed by atoms with Crippen LogP contribution in [0.25, 0.3) is 5.69 Å². The minimum atomic E-state index is -0.418. The number of carbonyl (C=O) groups is 1. The number of thioether (sulfide) groups is 1. The number of carbonyl (C=O) groups excluding carboxylic acids is 1. The van der Waals surface area contributed by atoms with Gasteiger partial charge in [0.25, 0.3) is 0 Å². The number of nitrogens with zero attached hydrogens (tertiary/aromatic N) is 3. The van der Waals surface area contributed by atoms with Gasteiger partial charge in [-0.15, -0.1) is 5.10 Å². The second-order valence-electron chi connectivity index (χ2n) is 4.66. The van der Waals surface area contributed by atoms with E-state index in [2.05, 4.69) is 10.1 Å². The van der Waals surface area contributed by atoms with E-state index < -0.39 is 5.91 Å². The van der Waals surface area contributed by atoms with Crippen molar-refractivity contribution in [3.05, 3.63) is 72.1 Å².